The number of anilines is 1. The lowest BCUT2D eigenvalue weighted by atomic mass is 10.3. The third-order valence-electron chi connectivity index (χ3n) is 2.78. The maximum Gasteiger partial charge on any atom is 0.226 e. The van der Waals surface area contributed by atoms with E-state index in [0.717, 1.165) is 5.56 Å². The van der Waals surface area contributed by atoms with Gasteiger partial charge in [0.15, 0.2) is 0 Å². The van der Waals surface area contributed by atoms with Gasteiger partial charge in [-0.05, 0) is 24.6 Å². The Bertz CT molecular complexity index is 610. The van der Waals surface area contributed by atoms with Crippen LogP contribution in [0.4, 0.5) is 5.69 Å². The van der Waals surface area contributed by atoms with Gasteiger partial charge in [-0.15, -0.1) is 0 Å². The second kappa shape index (κ2) is 6.43. The molecule has 106 valence electrons. The van der Waals surface area contributed by atoms with Crippen LogP contribution in [0.2, 0.25) is 5.02 Å². The predicted octanol–water partition coefficient (Wildman–Crippen LogP) is 2.88. The molecule has 0 bridgehead atoms. The zero-order valence-corrected chi connectivity index (χ0v) is 12.1. The quantitative estimate of drug-likeness (QED) is 0.922. The molecule has 1 heterocycles. The van der Waals surface area contributed by atoms with Gasteiger partial charge in [0, 0.05) is 25.2 Å². The van der Waals surface area contributed by atoms with Gasteiger partial charge in [0.2, 0.25) is 5.91 Å². The minimum absolute atomic E-state index is 0.106. The highest BCUT2D eigenvalue weighted by Crippen LogP contribution is 2.26. The lowest BCUT2D eigenvalue weighted by Gasteiger charge is -2.08. The average molecular weight is 294 g/mol. The Morgan fingerprint density at radius 3 is 2.90 bits per heavy atom. The van der Waals surface area contributed by atoms with Crippen molar-refractivity contribution in [1.29, 1.82) is 0 Å². The summed E-state index contributed by atoms with van der Waals surface area (Å²) in [6, 6.07) is 5.13. The van der Waals surface area contributed by atoms with Crippen LogP contribution in [-0.4, -0.2) is 22.8 Å². The molecule has 20 heavy (non-hydrogen) atoms. The van der Waals surface area contributed by atoms with Crippen LogP contribution < -0.4 is 10.1 Å². The van der Waals surface area contributed by atoms with Gasteiger partial charge in [0.25, 0.3) is 0 Å². The molecule has 1 amide bonds. The molecule has 0 atom stereocenters. The number of amides is 1. The van der Waals surface area contributed by atoms with Crippen LogP contribution in [0.1, 0.15) is 12.0 Å². The minimum atomic E-state index is -0.106. The Morgan fingerprint density at radius 2 is 2.30 bits per heavy atom. The van der Waals surface area contributed by atoms with Gasteiger partial charge in [-0.3, -0.25) is 9.48 Å². The Labute approximate surface area is 122 Å². The van der Waals surface area contributed by atoms with Gasteiger partial charge in [0.1, 0.15) is 5.75 Å². The molecule has 0 radical (unpaired) electrons. The van der Waals surface area contributed by atoms with Crippen molar-refractivity contribution in [3.63, 3.8) is 0 Å². The number of hydrogen-bond donors (Lipinski definition) is 1. The zero-order chi connectivity index (χ0) is 14.5. The van der Waals surface area contributed by atoms with Crippen molar-refractivity contribution in [3.8, 4) is 5.75 Å². The first kappa shape index (κ1) is 14.4. The summed E-state index contributed by atoms with van der Waals surface area (Å²) in [6.45, 7) is 2.49. The number of carbonyl (C=O) groups is 1. The van der Waals surface area contributed by atoms with Crippen molar-refractivity contribution in [2.75, 3.05) is 12.4 Å². The van der Waals surface area contributed by atoms with Gasteiger partial charge in [-0.1, -0.05) is 11.6 Å². The van der Waals surface area contributed by atoms with E-state index in [1.165, 1.54) is 0 Å². The van der Waals surface area contributed by atoms with Crippen molar-refractivity contribution < 1.29 is 9.53 Å². The van der Waals surface area contributed by atoms with Gasteiger partial charge < -0.3 is 10.1 Å². The van der Waals surface area contributed by atoms with Crippen LogP contribution in [0, 0.1) is 6.92 Å². The van der Waals surface area contributed by atoms with Gasteiger partial charge in [0.05, 0.1) is 24.0 Å². The maximum atomic E-state index is 11.9. The highest BCUT2D eigenvalue weighted by molar-refractivity contribution is 6.33. The number of rotatable bonds is 5. The lowest BCUT2D eigenvalue weighted by molar-refractivity contribution is -0.116. The van der Waals surface area contributed by atoms with Crippen LogP contribution in [-0.2, 0) is 11.3 Å². The molecule has 0 unspecified atom stereocenters. The van der Waals surface area contributed by atoms with Crippen molar-refractivity contribution in [2.24, 2.45) is 0 Å². The summed E-state index contributed by atoms with van der Waals surface area (Å²) in [4.78, 5) is 11.9. The number of methoxy groups -OCH3 is 1. The van der Waals surface area contributed by atoms with Gasteiger partial charge in [-0.2, -0.15) is 5.10 Å². The van der Waals surface area contributed by atoms with E-state index in [9.17, 15) is 4.79 Å². The lowest BCUT2D eigenvalue weighted by Crippen LogP contribution is -2.15. The van der Waals surface area contributed by atoms with Crippen molar-refractivity contribution in [1.82, 2.24) is 9.78 Å². The Balaban J connectivity index is 1.91. The fourth-order valence-electron chi connectivity index (χ4n) is 1.74. The molecule has 0 saturated heterocycles. The molecular formula is C14H16ClN3O2. The standard InChI is InChI=1S/C14H16ClN3O2/c1-10-8-16-18(9-10)6-5-14(19)17-13-4-3-11(20-2)7-12(13)15/h3-4,7-9H,5-6H2,1-2H3,(H,17,19). The van der Waals surface area contributed by atoms with Crippen LogP contribution in [0.3, 0.4) is 0 Å². The van der Waals surface area contributed by atoms with E-state index in [0.29, 0.717) is 29.4 Å². The van der Waals surface area contributed by atoms with Crippen LogP contribution in [0.15, 0.2) is 30.6 Å². The number of ether oxygens (including phenoxy) is 1. The fraction of sp³-hybridized carbons (Fsp3) is 0.286. The molecule has 0 aliphatic rings. The molecule has 2 aromatic rings. The molecule has 1 N–H and O–H groups in total. The highest BCUT2D eigenvalue weighted by atomic mass is 35.5. The minimum Gasteiger partial charge on any atom is -0.497 e. The second-order valence-electron chi connectivity index (χ2n) is 4.42. The Kier molecular flexibility index (Phi) is 4.63. The van der Waals surface area contributed by atoms with E-state index < -0.39 is 0 Å². The molecule has 0 aliphatic carbocycles. The molecule has 0 spiro atoms. The number of hydrogen-bond acceptors (Lipinski definition) is 3. The number of nitrogens with one attached hydrogen (secondary N) is 1. The van der Waals surface area contributed by atoms with E-state index in [4.69, 9.17) is 16.3 Å². The summed E-state index contributed by atoms with van der Waals surface area (Å²) in [5.41, 5.74) is 1.65. The second-order valence-corrected chi connectivity index (χ2v) is 4.83. The summed E-state index contributed by atoms with van der Waals surface area (Å²) in [6.07, 6.45) is 4.00. The van der Waals surface area contributed by atoms with Crippen molar-refractivity contribution in [2.45, 2.75) is 19.9 Å². The number of nitrogens with zero attached hydrogens (tertiary/aromatic N) is 2. The monoisotopic (exact) mass is 293 g/mol. The number of halogens is 1. The van der Waals surface area contributed by atoms with Crippen LogP contribution in [0.25, 0.3) is 0 Å². The topological polar surface area (TPSA) is 56.1 Å². The van der Waals surface area contributed by atoms with Crippen LogP contribution >= 0.6 is 11.6 Å². The van der Waals surface area contributed by atoms with E-state index in [1.807, 2.05) is 13.1 Å². The number of carbonyl (C=O) groups excluding carboxylic acids is 1. The first-order valence-corrected chi connectivity index (χ1v) is 6.59. The molecule has 0 aliphatic heterocycles. The van der Waals surface area contributed by atoms with E-state index in [-0.39, 0.29) is 5.91 Å². The van der Waals surface area contributed by atoms with E-state index in [2.05, 4.69) is 10.4 Å². The molecule has 5 nitrogen and oxygen atoms in total. The van der Waals surface area contributed by atoms with Crippen molar-refractivity contribution in [3.05, 3.63) is 41.2 Å². The normalized spacial score (nSPS) is 10.3. The number of aryl methyl sites for hydroxylation is 2. The average Bonchev–Trinajstić information content (AvgIpc) is 2.84. The summed E-state index contributed by atoms with van der Waals surface area (Å²) in [5, 5.41) is 7.35. The number of benzene rings is 1. The van der Waals surface area contributed by atoms with Gasteiger partial charge >= 0.3 is 0 Å². The summed E-state index contributed by atoms with van der Waals surface area (Å²) < 4.78 is 6.79. The summed E-state index contributed by atoms with van der Waals surface area (Å²) in [7, 11) is 1.57. The third-order valence-corrected chi connectivity index (χ3v) is 3.09. The SMILES string of the molecule is COc1ccc(NC(=O)CCn2cc(C)cn2)c(Cl)c1. The molecule has 1 aromatic carbocycles. The predicted molar refractivity (Wildman–Crippen MR) is 78.2 cm³/mol. The first-order chi connectivity index (χ1) is 9.58. The molecule has 0 fully saturated rings. The van der Waals surface area contributed by atoms with E-state index in [1.54, 1.807) is 36.2 Å². The molecule has 0 saturated carbocycles. The van der Waals surface area contributed by atoms with E-state index >= 15 is 0 Å². The fourth-order valence-corrected chi connectivity index (χ4v) is 1.96. The highest BCUT2D eigenvalue weighted by Gasteiger charge is 2.07. The Morgan fingerprint density at radius 1 is 1.50 bits per heavy atom. The molecule has 6 heteroatoms. The third kappa shape index (κ3) is 3.74. The molecule has 1 aromatic heterocycles. The van der Waals surface area contributed by atoms with Crippen molar-refractivity contribution >= 4 is 23.2 Å². The number of aromatic nitrogens is 2. The largest absolute Gasteiger partial charge is 0.497 e. The summed E-state index contributed by atoms with van der Waals surface area (Å²) in [5.74, 6) is 0.547. The summed E-state index contributed by atoms with van der Waals surface area (Å²) >= 11 is 6.06. The van der Waals surface area contributed by atoms with Gasteiger partial charge in [-0.25, -0.2) is 0 Å². The molecule has 2 rings (SSSR count). The Hall–Kier alpha value is -2.01. The molecular weight excluding hydrogens is 278 g/mol. The maximum absolute atomic E-state index is 11.9. The first-order valence-electron chi connectivity index (χ1n) is 6.21. The smallest absolute Gasteiger partial charge is 0.226 e. The zero-order valence-electron chi connectivity index (χ0n) is 11.4. The van der Waals surface area contributed by atoms with Crippen LogP contribution in [0.5, 0.6) is 5.75 Å².